The van der Waals surface area contributed by atoms with Crippen molar-refractivity contribution < 1.29 is 13.5 Å². The van der Waals surface area contributed by atoms with Crippen molar-refractivity contribution in [3.8, 4) is 0 Å². The number of para-hydroxylation sites is 1. The summed E-state index contributed by atoms with van der Waals surface area (Å²) in [6.45, 7) is 0.0136. The first-order chi connectivity index (χ1) is 9.04. The Hall–Kier alpha value is -1.11. The third-order valence-electron chi connectivity index (χ3n) is 3.55. The molecule has 0 radical (unpaired) electrons. The van der Waals surface area contributed by atoms with Crippen LogP contribution in [-0.2, 0) is 15.8 Å². The van der Waals surface area contributed by atoms with E-state index in [0.29, 0.717) is 11.3 Å². The minimum Gasteiger partial charge on any atom is -0.398 e. The highest BCUT2D eigenvalue weighted by atomic mass is 32.2. The van der Waals surface area contributed by atoms with E-state index in [0.717, 1.165) is 19.3 Å². The standard InChI is InChI=1S/C13H20N2O3S/c14-13-7-2-1-4-11(13)10-19(17,18)15(8-9-16)12-5-3-6-12/h1-2,4,7,12,16H,3,5-6,8-10,14H2. The molecule has 1 aromatic carbocycles. The molecule has 2 rings (SSSR count). The van der Waals surface area contributed by atoms with Gasteiger partial charge in [-0.2, -0.15) is 4.31 Å². The fourth-order valence-electron chi connectivity index (χ4n) is 2.27. The number of hydrogen-bond acceptors (Lipinski definition) is 4. The van der Waals surface area contributed by atoms with Gasteiger partial charge in [0, 0.05) is 18.3 Å². The van der Waals surface area contributed by atoms with Gasteiger partial charge in [-0.1, -0.05) is 24.6 Å². The molecule has 0 aromatic heterocycles. The molecule has 19 heavy (non-hydrogen) atoms. The molecule has 1 saturated carbocycles. The van der Waals surface area contributed by atoms with Gasteiger partial charge in [-0.3, -0.25) is 0 Å². The van der Waals surface area contributed by atoms with E-state index in [-0.39, 0.29) is 24.9 Å². The lowest BCUT2D eigenvalue weighted by molar-refractivity contribution is 0.178. The fourth-order valence-corrected chi connectivity index (χ4v) is 4.11. The molecule has 1 aromatic rings. The van der Waals surface area contributed by atoms with E-state index in [9.17, 15) is 8.42 Å². The first-order valence-corrected chi connectivity index (χ1v) is 8.09. The molecule has 3 N–H and O–H groups in total. The Kier molecular flexibility index (Phi) is 4.44. The van der Waals surface area contributed by atoms with E-state index in [4.69, 9.17) is 10.8 Å². The number of nitrogens with two attached hydrogens (primary N) is 1. The normalized spacial score (nSPS) is 16.5. The Morgan fingerprint density at radius 1 is 1.32 bits per heavy atom. The van der Waals surface area contributed by atoms with Gasteiger partial charge in [0.2, 0.25) is 10.0 Å². The summed E-state index contributed by atoms with van der Waals surface area (Å²) >= 11 is 0. The lowest BCUT2D eigenvalue weighted by Gasteiger charge is -2.36. The number of sulfonamides is 1. The van der Waals surface area contributed by atoms with Crippen molar-refractivity contribution in [2.24, 2.45) is 0 Å². The first kappa shape index (κ1) is 14.3. The summed E-state index contributed by atoms with van der Waals surface area (Å²) in [4.78, 5) is 0. The molecular formula is C13H20N2O3S. The molecule has 6 heteroatoms. The average molecular weight is 284 g/mol. The average Bonchev–Trinajstić information content (AvgIpc) is 2.29. The molecule has 0 heterocycles. The maximum atomic E-state index is 12.4. The van der Waals surface area contributed by atoms with Gasteiger partial charge in [0.15, 0.2) is 0 Å². The summed E-state index contributed by atoms with van der Waals surface area (Å²) in [5, 5.41) is 9.06. The second-order valence-electron chi connectivity index (χ2n) is 4.87. The molecule has 0 aliphatic heterocycles. The summed E-state index contributed by atoms with van der Waals surface area (Å²) in [5.74, 6) is -0.101. The smallest absolute Gasteiger partial charge is 0.218 e. The van der Waals surface area contributed by atoms with Gasteiger partial charge >= 0.3 is 0 Å². The number of hydrogen-bond donors (Lipinski definition) is 2. The highest BCUT2D eigenvalue weighted by Gasteiger charge is 2.33. The van der Waals surface area contributed by atoms with Crippen LogP contribution in [0.15, 0.2) is 24.3 Å². The molecular weight excluding hydrogens is 264 g/mol. The van der Waals surface area contributed by atoms with Crippen molar-refractivity contribution in [2.75, 3.05) is 18.9 Å². The monoisotopic (exact) mass is 284 g/mol. The van der Waals surface area contributed by atoms with Crippen LogP contribution in [0.5, 0.6) is 0 Å². The van der Waals surface area contributed by atoms with Crippen LogP contribution in [0, 0.1) is 0 Å². The Balaban J connectivity index is 2.18. The van der Waals surface area contributed by atoms with E-state index in [2.05, 4.69) is 0 Å². The Morgan fingerprint density at radius 2 is 2.00 bits per heavy atom. The lowest BCUT2D eigenvalue weighted by atomic mass is 9.93. The molecule has 106 valence electrons. The molecule has 0 amide bonds. The number of anilines is 1. The van der Waals surface area contributed by atoms with Crippen LogP contribution in [0.3, 0.4) is 0 Å². The molecule has 5 nitrogen and oxygen atoms in total. The van der Waals surface area contributed by atoms with Crippen LogP contribution in [0.2, 0.25) is 0 Å². The molecule has 0 saturated heterocycles. The van der Waals surface area contributed by atoms with Gasteiger partial charge in [0.25, 0.3) is 0 Å². The highest BCUT2D eigenvalue weighted by Crippen LogP contribution is 2.28. The zero-order chi connectivity index (χ0) is 13.9. The number of rotatable bonds is 6. The van der Waals surface area contributed by atoms with E-state index in [1.807, 2.05) is 0 Å². The van der Waals surface area contributed by atoms with E-state index in [1.54, 1.807) is 24.3 Å². The summed E-state index contributed by atoms with van der Waals surface area (Å²) in [5.41, 5.74) is 6.90. The predicted octanol–water partition coefficient (Wildman–Crippen LogP) is 0.945. The number of benzene rings is 1. The Morgan fingerprint density at radius 3 is 2.53 bits per heavy atom. The van der Waals surface area contributed by atoms with Gasteiger partial charge in [0.1, 0.15) is 0 Å². The molecule has 0 atom stereocenters. The fraction of sp³-hybridized carbons (Fsp3) is 0.538. The largest absolute Gasteiger partial charge is 0.398 e. The summed E-state index contributed by atoms with van der Waals surface area (Å²) < 4.78 is 26.3. The zero-order valence-corrected chi connectivity index (χ0v) is 11.6. The quantitative estimate of drug-likeness (QED) is 0.762. The molecule has 1 fully saturated rings. The van der Waals surface area contributed by atoms with E-state index < -0.39 is 10.0 Å². The van der Waals surface area contributed by atoms with Crippen LogP contribution < -0.4 is 5.73 Å². The van der Waals surface area contributed by atoms with Crippen molar-refractivity contribution >= 4 is 15.7 Å². The molecule has 1 aliphatic carbocycles. The third-order valence-corrected chi connectivity index (χ3v) is 5.42. The highest BCUT2D eigenvalue weighted by molar-refractivity contribution is 7.88. The van der Waals surface area contributed by atoms with Crippen molar-refractivity contribution in [3.05, 3.63) is 29.8 Å². The summed E-state index contributed by atoms with van der Waals surface area (Å²) in [7, 11) is -3.43. The van der Waals surface area contributed by atoms with Gasteiger partial charge in [0.05, 0.1) is 12.4 Å². The van der Waals surface area contributed by atoms with Crippen LogP contribution in [-0.4, -0.2) is 37.0 Å². The summed E-state index contributed by atoms with van der Waals surface area (Å²) in [6.07, 6.45) is 2.81. The van der Waals surface area contributed by atoms with Crippen molar-refractivity contribution in [3.63, 3.8) is 0 Å². The SMILES string of the molecule is Nc1ccccc1CS(=O)(=O)N(CCO)C1CCC1. The minimum atomic E-state index is -3.43. The second-order valence-corrected chi connectivity index (χ2v) is 6.80. The molecule has 1 aliphatic rings. The van der Waals surface area contributed by atoms with E-state index in [1.165, 1.54) is 4.31 Å². The van der Waals surface area contributed by atoms with Crippen molar-refractivity contribution in [2.45, 2.75) is 31.1 Å². The minimum absolute atomic E-state index is 0.0436. The van der Waals surface area contributed by atoms with Gasteiger partial charge in [-0.05, 0) is 24.5 Å². The van der Waals surface area contributed by atoms with Crippen molar-refractivity contribution in [1.82, 2.24) is 4.31 Å². The number of aliphatic hydroxyl groups is 1. The van der Waals surface area contributed by atoms with Crippen LogP contribution in [0.1, 0.15) is 24.8 Å². The molecule has 0 bridgehead atoms. The van der Waals surface area contributed by atoms with Crippen molar-refractivity contribution in [1.29, 1.82) is 0 Å². The molecule has 0 unspecified atom stereocenters. The number of aliphatic hydroxyl groups excluding tert-OH is 1. The van der Waals surface area contributed by atoms with Gasteiger partial charge < -0.3 is 10.8 Å². The van der Waals surface area contributed by atoms with E-state index >= 15 is 0 Å². The number of nitrogens with zero attached hydrogens (tertiary/aromatic N) is 1. The number of nitrogen functional groups attached to an aromatic ring is 1. The summed E-state index contributed by atoms with van der Waals surface area (Å²) in [6, 6.07) is 7.03. The first-order valence-electron chi connectivity index (χ1n) is 6.48. The van der Waals surface area contributed by atoms with Gasteiger partial charge in [-0.15, -0.1) is 0 Å². The molecule has 0 spiro atoms. The topological polar surface area (TPSA) is 83.6 Å². The second kappa shape index (κ2) is 5.90. The Labute approximate surface area is 114 Å². The van der Waals surface area contributed by atoms with Crippen LogP contribution >= 0.6 is 0 Å². The Bertz CT molecular complexity index is 526. The van der Waals surface area contributed by atoms with Gasteiger partial charge in [-0.25, -0.2) is 8.42 Å². The van der Waals surface area contributed by atoms with Crippen LogP contribution in [0.4, 0.5) is 5.69 Å². The third kappa shape index (κ3) is 3.26. The lowest BCUT2D eigenvalue weighted by Crippen LogP contribution is -2.46. The zero-order valence-electron chi connectivity index (χ0n) is 10.8. The van der Waals surface area contributed by atoms with Crippen LogP contribution in [0.25, 0.3) is 0 Å². The predicted molar refractivity (Wildman–Crippen MR) is 74.9 cm³/mol. The maximum Gasteiger partial charge on any atom is 0.218 e. The maximum absolute atomic E-state index is 12.4.